The van der Waals surface area contributed by atoms with Crippen LogP contribution in [0.4, 0.5) is 5.69 Å². The number of halogens is 1. The van der Waals surface area contributed by atoms with Gasteiger partial charge >= 0.3 is 0 Å². The summed E-state index contributed by atoms with van der Waals surface area (Å²) in [5.74, 6) is 0.410. The van der Waals surface area contributed by atoms with E-state index in [0.29, 0.717) is 11.6 Å². The quantitative estimate of drug-likeness (QED) is 0.847. The second kappa shape index (κ2) is 6.86. The molecule has 4 rings (SSSR count). The van der Waals surface area contributed by atoms with E-state index in [9.17, 15) is 9.59 Å². The van der Waals surface area contributed by atoms with Crippen LogP contribution in [-0.4, -0.2) is 18.9 Å². The first kappa shape index (κ1) is 17.8. The first-order chi connectivity index (χ1) is 13.0. The van der Waals surface area contributed by atoms with E-state index in [2.05, 4.69) is 29.6 Å². The Hall–Kier alpha value is -2.59. The van der Waals surface area contributed by atoms with Crippen molar-refractivity contribution in [3.8, 4) is 0 Å². The van der Waals surface area contributed by atoms with Crippen molar-refractivity contribution in [3.63, 3.8) is 0 Å². The van der Waals surface area contributed by atoms with Crippen LogP contribution in [0, 0.1) is 5.92 Å². The smallest absolute Gasteiger partial charge is 0.224 e. The maximum atomic E-state index is 12.3. The van der Waals surface area contributed by atoms with Gasteiger partial charge in [-0.25, -0.2) is 0 Å². The number of nitrogens with zero attached hydrogens (tertiary/aromatic N) is 1. The molecule has 0 spiro atoms. The van der Waals surface area contributed by atoms with Crippen LogP contribution >= 0.6 is 11.6 Å². The van der Waals surface area contributed by atoms with Gasteiger partial charge < -0.3 is 10.2 Å². The Balaban J connectivity index is 1.73. The highest BCUT2D eigenvalue weighted by molar-refractivity contribution is 6.30. The Morgan fingerprint density at radius 2 is 1.89 bits per heavy atom. The molecule has 2 aromatic rings. The number of fused-ring (bicyclic) bond motifs is 2. The molecule has 1 saturated carbocycles. The van der Waals surface area contributed by atoms with E-state index in [1.165, 1.54) is 0 Å². The number of hydrogen-bond donors (Lipinski definition) is 1. The van der Waals surface area contributed by atoms with Crippen molar-refractivity contribution >= 4 is 41.3 Å². The lowest BCUT2D eigenvalue weighted by atomic mass is 9.97. The number of rotatable bonds is 2. The van der Waals surface area contributed by atoms with Gasteiger partial charge in [-0.1, -0.05) is 42.0 Å². The molecular weight excluding hydrogens is 360 g/mol. The molecule has 27 heavy (non-hydrogen) atoms. The number of amides is 2. The van der Waals surface area contributed by atoms with Crippen molar-refractivity contribution in [1.29, 1.82) is 0 Å². The average molecular weight is 381 g/mol. The van der Waals surface area contributed by atoms with E-state index in [0.717, 1.165) is 34.4 Å². The van der Waals surface area contributed by atoms with E-state index >= 15 is 0 Å². The summed E-state index contributed by atoms with van der Waals surface area (Å²) in [6.45, 7) is 2.07. The SMILES string of the molecule is CNC(=O)[C@@H]1C[C@H]1c1ccc2c(c1)CN(C(C)=O)c1ccc(Cl)cc1C=C2. The minimum absolute atomic E-state index is 0.0140. The third-order valence-electron chi connectivity index (χ3n) is 5.40. The Kier molecular flexibility index (Phi) is 4.52. The van der Waals surface area contributed by atoms with Crippen LogP contribution in [0.5, 0.6) is 0 Å². The summed E-state index contributed by atoms with van der Waals surface area (Å²) in [4.78, 5) is 26.0. The van der Waals surface area contributed by atoms with Crippen LogP contribution in [0.1, 0.15) is 41.5 Å². The van der Waals surface area contributed by atoms with E-state index in [1.54, 1.807) is 24.9 Å². The Morgan fingerprint density at radius 1 is 1.11 bits per heavy atom. The molecule has 0 bridgehead atoms. The minimum Gasteiger partial charge on any atom is -0.359 e. The third-order valence-corrected chi connectivity index (χ3v) is 5.64. The number of hydrogen-bond acceptors (Lipinski definition) is 2. The van der Waals surface area contributed by atoms with Gasteiger partial charge in [0.25, 0.3) is 0 Å². The molecule has 2 aliphatic rings. The number of anilines is 1. The van der Waals surface area contributed by atoms with Gasteiger partial charge in [0.2, 0.25) is 11.8 Å². The van der Waals surface area contributed by atoms with Gasteiger partial charge in [-0.3, -0.25) is 9.59 Å². The van der Waals surface area contributed by atoms with Crippen molar-refractivity contribution in [2.75, 3.05) is 11.9 Å². The first-order valence-electron chi connectivity index (χ1n) is 9.08. The van der Waals surface area contributed by atoms with Crippen molar-refractivity contribution in [2.45, 2.75) is 25.8 Å². The Morgan fingerprint density at radius 3 is 2.63 bits per heavy atom. The number of carbonyl (C=O) groups excluding carboxylic acids is 2. The summed E-state index contributed by atoms with van der Waals surface area (Å²) in [6, 6.07) is 11.9. The lowest BCUT2D eigenvalue weighted by molar-refractivity contribution is -0.122. The fourth-order valence-electron chi connectivity index (χ4n) is 3.82. The average Bonchev–Trinajstić information content (AvgIpc) is 3.43. The lowest BCUT2D eigenvalue weighted by Gasteiger charge is -2.26. The molecule has 2 aromatic carbocycles. The fourth-order valence-corrected chi connectivity index (χ4v) is 4.00. The van der Waals surface area contributed by atoms with Gasteiger partial charge in [0.1, 0.15) is 0 Å². The largest absolute Gasteiger partial charge is 0.359 e. The molecule has 138 valence electrons. The highest BCUT2D eigenvalue weighted by Gasteiger charge is 2.43. The molecule has 1 heterocycles. The van der Waals surface area contributed by atoms with Crippen LogP contribution in [-0.2, 0) is 16.1 Å². The zero-order valence-electron chi connectivity index (χ0n) is 15.3. The lowest BCUT2D eigenvalue weighted by Crippen LogP contribution is -2.29. The Labute approximate surface area is 163 Å². The zero-order valence-corrected chi connectivity index (χ0v) is 16.1. The number of benzene rings is 2. The highest BCUT2D eigenvalue weighted by Crippen LogP contribution is 2.48. The predicted octanol–water partition coefficient (Wildman–Crippen LogP) is 4.23. The van der Waals surface area contributed by atoms with Gasteiger partial charge in [0, 0.05) is 24.9 Å². The Bertz CT molecular complexity index is 967. The van der Waals surface area contributed by atoms with Crippen LogP contribution in [0.15, 0.2) is 36.4 Å². The molecule has 0 unspecified atom stereocenters. The maximum Gasteiger partial charge on any atom is 0.224 e. The predicted molar refractivity (Wildman–Crippen MR) is 109 cm³/mol. The summed E-state index contributed by atoms with van der Waals surface area (Å²) in [6.07, 6.45) is 4.94. The molecule has 2 amide bonds. The molecule has 0 radical (unpaired) electrons. The second-order valence-corrected chi connectivity index (χ2v) is 7.60. The van der Waals surface area contributed by atoms with Gasteiger partial charge in [-0.15, -0.1) is 0 Å². The molecule has 1 aliphatic carbocycles. The van der Waals surface area contributed by atoms with Gasteiger partial charge in [0.15, 0.2) is 0 Å². The van der Waals surface area contributed by atoms with Crippen molar-refractivity contribution in [3.05, 3.63) is 63.7 Å². The molecular formula is C22H21ClN2O2. The number of nitrogens with one attached hydrogen (secondary N) is 1. The maximum absolute atomic E-state index is 12.3. The zero-order chi connectivity index (χ0) is 19.1. The molecule has 1 N–H and O–H groups in total. The second-order valence-electron chi connectivity index (χ2n) is 7.16. The molecule has 0 aromatic heterocycles. The highest BCUT2D eigenvalue weighted by atomic mass is 35.5. The molecule has 5 heteroatoms. The van der Waals surface area contributed by atoms with Gasteiger partial charge in [0.05, 0.1) is 12.2 Å². The van der Waals surface area contributed by atoms with E-state index in [4.69, 9.17) is 11.6 Å². The van der Waals surface area contributed by atoms with Crippen molar-refractivity contribution < 1.29 is 9.59 Å². The molecule has 1 aliphatic heterocycles. The summed E-state index contributed by atoms with van der Waals surface area (Å²) in [5.41, 5.74) is 5.11. The van der Waals surface area contributed by atoms with Gasteiger partial charge in [-0.2, -0.15) is 0 Å². The van der Waals surface area contributed by atoms with Crippen LogP contribution in [0.3, 0.4) is 0 Å². The normalized spacial score (nSPS) is 20.2. The van der Waals surface area contributed by atoms with Crippen molar-refractivity contribution in [1.82, 2.24) is 5.32 Å². The van der Waals surface area contributed by atoms with Crippen LogP contribution < -0.4 is 10.2 Å². The summed E-state index contributed by atoms with van der Waals surface area (Å²) >= 11 is 6.14. The van der Waals surface area contributed by atoms with E-state index in [-0.39, 0.29) is 23.7 Å². The van der Waals surface area contributed by atoms with Crippen LogP contribution in [0.2, 0.25) is 5.02 Å². The van der Waals surface area contributed by atoms with Gasteiger partial charge in [-0.05, 0) is 52.8 Å². The minimum atomic E-state index is -0.0140. The molecule has 1 fully saturated rings. The van der Waals surface area contributed by atoms with Crippen LogP contribution in [0.25, 0.3) is 12.2 Å². The molecule has 2 atom stereocenters. The summed E-state index contributed by atoms with van der Waals surface area (Å²) in [7, 11) is 1.68. The molecule has 4 nitrogen and oxygen atoms in total. The summed E-state index contributed by atoms with van der Waals surface area (Å²) < 4.78 is 0. The standard InChI is InChI=1S/C22H21ClN2O2/c1-13(26)25-12-17-9-15(19-11-20(19)22(27)24-2)5-3-14(17)4-6-16-10-18(23)7-8-21(16)25/h3-10,19-20H,11-12H2,1-2H3,(H,24,27)/t19-,20+/m0/s1. The monoisotopic (exact) mass is 380 g/mol. The fraction of sp³-hybridized carbons (Fsp3) is 0.273. The van der Waals surface area contributed by atoms with E-state index in [1.807, 2.05) is 18.2 Å². The third kappa shape index (κ3) is 3.37. The first-order valence-corrected chi connectivity index (χ1v) is 9.46. The summed E-state index contributed by atoms with van der Waals surface area (Å²) in [5, 5.41) is 3.38. The van der Waals surface area contributed by atoms with Crippen molar-refractivity contribution in [2.24, 2.45) is 5.92 Å². The molecule has 0 saturated heterocycles. The topological polar surface area (TPSA) is 49.4 Å². The number of carbonyl (C=O) groups is 2. The van der Waals surface area contributed by atoms with E-state index < -0.39 is 0 Å².